The van der Waals surface area contributed by atoms with Crippen molar-refractivity contribution >= 4 is 35.5 Å². The Labute approximate surface area is 257 Å². The molecule has 1 aromatic carbocycles. The summed E-state index contributed by atoms with van der Waals surface area (Å²) in [5, 5.41) is 9.46. The summed E-state index contributed by atoms with van der Waals surface area (Å²) in [6.07, 6.45) is 12.6. The average molecular weight is 607 g/mol. The van der Waals surface area contributed by atoms with E-state index in [2.05, 4.69) is 24.9 Å². The minimum absolute atomic E-state index is 0.0152. The molecule has 222 valence electrons. The molecule has 0 aromatic heterocycles. The molecule has 0 amide bonds. The average Bonchev–Trinajstić information content (AvgIpc) is 3.47. The number of carbonyl (C=O) groups excluding carboxylic acids is 2. The molecule has 3 aliphatic rings. The van der Waals surface area contributed by atoms with Gasteiger partial charge >= 0.3 is 11.9 Å². The maximum atomic E-state index is 13.3. The Kier molecular flexibility index (Phi) is 11.6. The number of nitriles is 1. The van der Waals surface area contributed by atoms with Crippen LogP contribution in [0, 0.1) is 41.6 Å². The van der Waals surface area contributed by atoms with Crippen molar-refractivity contribution in [1.82, 2.24) is 0 Å². The number of hydrogen-bond donors (Lipinski definition) is 0. The molecule has 0 unspecified atom stereocenters. The quantitative estimate of drug-likeness (QED) is 0.0469. The van der Waals surface area contributed by atoms with Crippen LogP contribution < -0.4 is 9.47 Å². The lowest BCUT2D eigenvalue weighted by atomic mass is 9.69. The van der Waals surface area contributed by atoms with Crippen LogP contribution in [0.15, 0.2) is 56.9 Å². The largest absolute Gasteiger partial charge is 0.463 e. The number of carbonyl (C=O) groups is 2. The fourth-order valence-electron chi connectivity index (χ4n) is 6.09. The highest BCUT2D eigenvalue weighted by molar-refractivity contribution is 8.24. The lowest BCUT2D eigenvalue weighted by Crippen LogP contribution is -2.30. The lowest BCUT2D eigenvalue weighted by molar-refractivity contribution is -0.141. The van der Waals surface area contributed by atoms with E-state index in [0.29, 0.717) is 50.0 Å². The predicted octanol–water partition coefficient (Wildman–Crippen LogP) is 8.83. The van der Waals surface area contributed by atoms with Gasteiger partial charge in [0.05, 0.1) is 45.0 Å². The summed E-state index contributed by atoms with van der Waals surface area (Å²) in [6, 6.07) is 5.40. The second kappa shape index (κ2) is 15.4. The van der Waals surface area contributed by atoms with Crippen LogP contribution in [0.4, 0.5) is 0 Å². The molecule has 0 bridgehead atoms. The van der Waals surface area contributed by atoms with Crippen LogP contribution >= 0.6 is 23.5 Å². The monoisotopic (exact) mass is 606 g/mol. The number of fused-ring (bicyclic) bond motifs is 1. The fourth-order valence-corrected chi connectivity index (χ4v) is 8.56. The maximum absolute atomic E-state index is 13.3. The van der Waals surface area contributed by atoms with Gasteiger partial charge in [-0.15, -0.1) is 0 Å². The van der Waals surface area contributed by atoms with Gasteiger partial charge in [0.25, 0.3) is 5.70 Å². The van der Waals surface area contributed by atoms with E-state index in [0.717, 1.165) is 43.6 Å². The molecular formula is C33H38N2O5S2. The summed E-state index contributed by atoms with van der Waals surface area (Å²) >= 11 is 2.51. The van der Waals surface area contributed by atoms with Gasteiger partial charge in [-0.2, -0.15) is 0 Å². The molecule has 2 aliphatic carbocycles. The Morgan fingerprint density at radius 2 is 1.64 bits per heavy atom. The first-order chi connectivity index (χ1) is 20.4. The lowest BCUT2D eigenvalue weighted by Gasteiger charge is -2.37. The first kappa shape index (κ1) is 31.8. The van der Waals surface area contributed by atoms with E-state index in [-0.39, 0.29) is 24.2 Å². The molecule has 9 heteroatoms. The van der Waals surface area contributed by atoms with Gasteiger partial charge in [0.1, 0.15) is 11.5 Å². The second-order valence-corrected chi connectivity index (χ2v) is 13.4. The maximum Gasteiger partial charge on any atom is 0.330 e. The number of esters is 2. The zero-order valence-electron chi connectivity index (χ0n) is 24.2. The van der Waals surface area contributed by atoms with Crippen molar-refractivity contribution in [2.24, 2.45) is 23.7 Å². The molecule has 42 heavy (non-hydrogen) atoms. The molecule has 2 saturated carbocycles. The molecule has 2 fully saturated rings. The third-order valence-electron chi connectivity index (χ3n) is 8.56. The molecule has 1 aromatic rings. The van der Waals surface area contributed by atoms with Gasteiger partial charge in [0.2, 0.25) is 0 Å². The highest BCUT2D eigenvalue weighted by atomic mass is 32.2. The summed E-state index contributed by atoms with van der Waals surface area (Å²) in [6.45, 7) is 17.3. The van der Waals surface area contributed by atoms with Crippen LogP contribution in [0.25, 0.3) is 4.85 Å². The third-order valence-corrected chi connectivity index (χ3v) is 11.2. The molecular weight excluding hydrogens is 569 g/mol. The molecule has 0 N–H and O–H groups in total. The Morgan fingerprint density at radius 1 is 1.05 bits per heavy atom. The summed E-state index contributed by atoms with van der Waals surface area (Å²) in [5.41, 5.74) is -0.0152. The predicted molar refractivity (Wildman–Crippen MR) is 164 cm³/mol. The van der Waals surface area contributed by atoms with Gasteiger partial charge in [-0.05, 0) is 74.8 Å². The van der Waals surface area contributed by atoms with Gasteiger partial charge in [-0.1, -0.05) is 62.9 Å². The molecule has 1 aliphatic heterocycles. The zero-order chi connectivity index (χ0) is 30.1. The van der Waals surface area contributed by atoms with Crippen LogP contribution in [0.1, 0.15) is 77.6 Å². The van der Waals surface area contributed by atoms with Gasteiger partial charge in [-0.25, -0.2) is 14.9 Å². The smallest absolute Gasteiger partial charge is 0.330 e. The summed E-state index contributed by atoms with van der Waals surface area (Å²) in [4.78, 5) is 29.2. The Hall–Kier alpha value is -3.14. The topological polar surface area (TPSA) is 90.0 Å². The molecule has 1 heterocycles. The van der Waals surface area contributed by atoms with Crippen LogP contribution in [-0.4, -0.2) is 18.5 Å². The molecule has 7 nitrogen and oxygen atoms in total. The van der Waals surface area contributed by atoms with E-state index in [1.165, 1.54) is 55.6 Å². The van der Waals surface area contributed by atoms with E-state index >= 15 is 0 Å². The molecule has 4 rings (SSSR count). The Morgan fingerprint density at radius 3 is 2.19 bits per heavy atom. The van der Waals surface area contributed by atoms with Gasteiger partial charge < -0.3 is 14.2 Å². The number of thioether (sulfide) groups is 2. The normalized spacial score (nSPS) is 24.4. The van der Waals surface area contributed by atoms with E-state index in [9.17, 15) is 14.9 Å². The van der Waals surface area contributed by atoms with Gasteiger partial charge in [-0.3, -0.25) is 4.79 Å². The van der Waals surface area contributed by atoms with Crippen LogP contribution in [0.2, 0.25) is 0 Å². The van der Waals surface area contributed by atoms with Crippen molar-refractivity contribution in [3.63, 3.8) is 0 Å². The van der Waals surface area contributed by atoms with Crippen molar-refractivity contribution in [2.45, 2.75) is 87.3 Å². The summed E-state index contributed by atoms with van der Waals surface area (Å²) in [5.74, 6) is 2.99. The van der Waals surface area contributed by atoms with Crippen molar-refractivity contribution in [3.8, 4) is 17.6 Å². The molecule has 0 radical (unpaired) electrons. The van der Waals surface area contributed by atoms with E-state index in [4.69, 9.17) is 20.8 Å². The van der Waals surface area contributed by atoms with Crippen molar-refractivity contribution in [2.75, 3.05) is 6.61 Å². The number of rotatable bonds is 11. The summed E-state index contributed by atoms with van der Waals surface area (Å²) < 4.78 is 17.5. The van der Waals surface area contributed by atoms with E-state index < -0.39 is 5.97 Å². The second-order valence-electron chi connectivity index (χ2n) is 11.1. The van der Waals surface area contributed by atoms with E-state index in [1.807, 2.05) is 6.07 Å². The fraction of sp³-hybridized carbons (Fsp3) is 0.515. The third kappa shape index (κ3) is 8.02. The SMILES string of the molecule is [C-]#[N+]C(C#N)=C1Sc2c(OC(=C)CCCOC(=O)C=C)ccc(OC(=O)C3CCC(C4CCC(CC)CC4)CC3)c2S1. The van der Waals surface area contributed by atoms with Crippen LogP contribution in [0.3, 0.4) is 0 Å². The van der Waals surface area contributed by atoms with Crippen LogP contribution in [0.5, 0.6) is 11.5 Å². The van der Waals surface area contributed by atoms with Gasteiger partial charge in [0.15, 0.2) is 0 Å². The highest BCUT2D eigenvalue weighted by Gasteiger charge is 2.35. The van der Waals surface area contributed by atoms with Crippen molar-refractivity contribution < 1.29 is 23.8 Å². The minimum atomic E-state index is -0.479. The number of allylic oxidation sites excluding steroid dienone is 2. The number of nitrogens with zero attached hydrogens (tertiary/aromatic N) is 2. The number of hydrogen-bond acceptors (Lipinski definition) is 8. The number of benzene rings is 1. The molecule has 0 atom stereocenters. The first-order valence-corrected chi connectivity index (χ1v) is 16.4. The molecule has 0 saturated heterocycles. The van der Waals surface area contributed by atoms with E-state index in [1.54, 1.807) is 12.1 Å². The standard InChI is InChI=1S/C33H38N2O5S2/c1-5-22-9-11-23(12-10-22)24-13-15-25(16-14-24)32(37)40-28-18-17-27(39-21(3)8-7-19-38-29(36)6-2)30-31(28)42-33(41-30)26(20-34)35-4/h6,17-18,22-25H,2-3,5,7-16,19H2,1H3. The highest BCUT2D eigenvalue weighted by Crippen LogP contribution is 2.59. The number of ether oxygens (including phenoxy) is 3. The van der Waals surface area contributed by atoms with Crippen LogP contribution in [-0.2, 0) is 14.3 Å². The summed E-state index contributed by atoms with van der Waals surface area (Å²) in [7, 11) is 0. The van der Waals surface area contributed by atoms with Gasteiger partial charge in [0, 0.05) is 12.5 Å². The Bertz CT molecular complexity index is 1290. The Balaban J connectivity index is 1.40. The zero-order valence-corrected chi connectivity index (χ0v) is 25.8. The molecule has 0 spiro atoms. The van der Waals surface area contributed by atoms with Crippen molar-refractivity contribution in [1.29, 1.82) is 5.26 Å². The first-order valence-electron chi connectivity index (χ1n) is 14.8. The minimum Gasteiger partial charge on any atom is -0.463 e. The van der Waals surface area contributed by atoms with Crippen molar-refractivity contribution in [3.05, 3.63) is 58.5 Å².